The fourth-order valence-corrected chi connectivity index (χ4v) is 3.52. The number of piperazine rings is 1. The molecule has 1 saturated carbocycles. The lowest BCUT2D eigenvalue weighted by molar-refractivity contribution is -0.132. The van der Waals surface area contributed by atoms with Crippen LogP contribution in [0, 0.1) is 5.92 Å². The zero-order chi connectivity index (χ0) is 15.5. The maximum Gasteiger partial charge on any atom is 0.223 e. The van der Waals surface area contributed by atoms with Gasteiger partial charge in [-0.3, -0.25) is 4.79 Å². The van der Waals surface area contributed by atoms with Gasteiger partial charge in [-0.15, -0.1) is 0 Å². The predicted molar refractivity (Wildman–Crippen MR) is 88.0 cm³/mol. The van der Waals surface area contributed by atoms with Crippen LogP contribution in [0.15, 0.2) is 18.3 Å². The molecule has 0 aromatic carbocycles. The maximum atomic E-state index is 12.4. The van der Waals surface area contributed by atoms with Gasteiger partial charge in [0.25, 0.3) is 0 Å². The number of carbonyl (C=O) groups excluding carboxylic acids is 1. The lowest BCUT2D eigenvalue weighted by Crippen LogP contribution is -2.49. The highest BCUT2D eigenvalue weighted by molar-refractivity contribution is 6.30. The third kappa shape index (κ3) is 3.52. The molecule has 0 spiro atoms. The quantitative estimate of drug-likeness (QED) is 0.923. The summed E-state index contributed by atoms with van der Waals surface area (Å²) in [5, 5.41) is 0.644. The molecular formula is C16H23ClN4O. The second-order valence-corrected chi connectivity index (χ2v) is 6.70. The molecule has 2 heterocycles. The summed E-state index contributed by atoms with van der Waals surface area (Å²) < 4.78 is 0. The molecule has 5 nitrogen and oxygen atoms in total. The molecule has 1 aromatic rings. The molecule has 1 saturated heterocycles. The molecule has 0 radical (unpaired) electrons. The van der Waals surface area contributed by atoms with Gasteiger partial charge in [0.05, 0.1) is 5.02 Å². The highest BCUT2D eigenvalue weighted by atomic mass is 35.5. The van der Waals surface area contributed by atoms with Crippen LogP contribution in [-0.4, -0.2) is 48.0 Å². The van der Waals surface area contributed by atoms with Crippen LogP contribution in [0.2, 0.25) is 5.02 Å². The second-order valence-electron chi connectivity index (χ2n) is 6.26. The molecule has 1 aliphatic heterocycles. The van der Waals surface area contributed by atoms with Gasteiger partial charge in [-0.25, -0.2) is 4.98 Å². The van der Waals surface area contributed by atoms with Gasteiger partial charge in [0.15, 0.2) is 0 Å². The number of nitrogens with two attached hydrogens (primary N) is 1. The molecule has 6 heteroatoms. The summed E-state index contributed by atoms with van der Waals surface area (Å²) in [6, 6.07) is 3.99. The Morgan fingerprint density at radius 2 is 2.05 bits per heavy atom. The Morgan fingerprint density at radius 1 is 1.27 bits per heavy atom. The number of rotatable bonds is 3. The number of anilines is 1. The zero-order valence-electron chi connectivity index (χ0n) is 12.7. The van der Waals surface area contributed by atoms with E-state index in [4.69, 9.17) is 17.3 Å². The number of pyridine rings is 1. The Balaban J connectivity index is 1.50. The molecule has 2 atom stereocenters. The average Bonchev–Trinajstić information content (AvgIpc) is 2.93. The summed E-state index contributed by atoms with van der Waals surface area (Å²) in [6.07, 6.45) is 5.60. The molecule has 2 N–H and O–H groups in total. The largest absolute Gasteiger partial charge is 0.353 e. The molecule has 0 bridgehead atoms. The molecular weight excluding hydrogens is 300 g/mol. The van der Waals surface area contributed by atoms with Crippen LogP contribution in [0.4, 0.5) is 5.82 Å². The fourth-order valence-electron chi connectivity index (χ4n) is 3.41. The first-order valence-corrected chi connectivity index (χ1v) is 8.41. The van der Waals surface area contributed by atoms with Crippen molar-refractivity contribution in [3.63, 3.8) is 0 Å². The number of aromatic nitrogens is 1. The van der Waals surface area contributed by atoms with Crippen molar-refractivity contribution in [2.45, 2.75) is 31.7 Å². The molecule has 22 heavy (non-hydrogen) atoms. The number of halogens is 1. The Morgan fingerprint density at radius 3 is 2.64 bits per heavy atom. The van der Waals surface area contributed by atoms with E-state index in [0.29, 0.717) is 17.4 Å². The minimum atomic E-state index is 0.212. The van der Waals surface area contributed by atoms with Crippen molar-refractivity contribution < 1.29 is 4.79 Å². The van der Waals surface area contributed by atoms with E-state index in [2.05, 4.69) is 9.88 Å². The van der Waals surface area contributed by atoms with Gasteiger partial charge < -0.3 is 15.5 Å². The fraction of sp³-hybridized carbons (Fsp3) is 0.625. The molecule has 2 aliphatic rings. The number of nitrogens with zero attached hydrogens (tertiary/aromatic N) is 3. The van der Waals surface area contributed by atoms with Gasteiger partial charge >= 0.3 is 0 Å². The average molecular weight is 323 g/mol. The highest BCUT2D eigenvalue weighted by Crippen LogP contribution is 2.27. The summed E-state index contributed by atoms with van der Waals surface area (Å²) in [5.41, 5.74) is 6.07. The van der Waals surface area contributed by atoms with E-state index in [0.717, 1.165) is 51.3 Å². The topological polar surface area (TPSA) is 62.5 Å². The van der Waals surface area contributed by atoms with E-state index >= 15 is 0 Å². The zero-order valence-corrected chi connectivity index (χ0v) is 13.5. The van der Waals surface area contributed by atoms with E-state index < -0.39 is 0 Å². The minimum Gasteiger partial charge on any atom is -0.353 e. The summed E-state index contributed by atoms with van der Waals surface area (Å²) in [4.78, 5) is 20.9. The minimum absolute atomic E-state index is 0.212. The van der Waals surface area contributed by atoms with Crippen molar-refractivity contribution in [1.29, 1.82) is 0 Å². The van der Waals surface area contributed by atoms with Crippen molar-refractivity contribution in [1.82, 2.24) is 9.88 Å². The van der Waals surface area contributed by atoms with Crippen molar-refractivity contribution in [3.05, 3.63) is 23.4 Å². The standard InChI is InChI=1S/C16H23ClN4O/c17-13-4-5-15(19-11-13)20-6-8-21(9-7-20)16(22)10-12-2-1-3-14(12)18/h4-5,11-12,14H,1-3,6-10,18H2/t12-,14+/m0/s1. The molecule has 1 aliphatic carbocycles. The summed E-state index contributed by atoms with van der Waals surface area (Å²) >= 11 is 5.86. The lowest BCUT2D eigenvalue weighted by Gasteiger charge is -2.36. The summed E-state index contributed by atoms with van der Waals surface area (Å²) in [7, 11) is 0. The van der Waals surface area contributed by atoms with Gasteiger partial charge in [0.2, 0.25) is 5.91 Å². The third-order valence-electron chi connectivity index (χ3n) is 4.82. The Kier molecular flexibility index (Phi) is 4.84. The van der Waals surface area contributed by atoms with Gasteiger partial charge in [-0.05, 0) is 30.9 Å². The number of hydrogen-bond acceptors (Lipinski definition) is 4. The maximum absolute atomic E-state index is 12.4. The van der Waals surface area contributed by atoms with Crippen LogP contribution in [0.3, 0.4) is 0 Å². The number of carbonyl (C=O) groups is 1. The van der Waals surface area contributed by atoms with Crippen LogP contribution in [-0.2, 0) is 4.79 Å². The molecule has 0 unspecified atom stereocenters. The van der Waals surface area contributed by atoms with Crippen LogP contribution >= 0.6 is 11.6 Å². The van der Waals surface area contributed by atoms with Crippen LogP contribution in [0.1, 0.15) is 25.7 Å². The van der Waals surface area contributed by atoms with Gasteiger partial charge in [0, 0.05) is 44.8 Å². The number of amides is 1. The van der Waals surface area contributed by atoms with E-state index in [-0.39, 0.29) is 11.9 Å². The Bertz CT molecular complexity index is 513. The summed E-state index contributed by atoms with van der Waals surface area (Å²) in [5.74, 6) is 1.56. The Labute approximate surface area is 136 Å². The lowest BCUT2D eigenvalue weighted by atomic mass is 9.99. The smallest absolute Gasteiger partial charge is 0.223 e. The predicted octanol–water partition coefficient (Wildman–Crippen LogP) is 1.90. The molecule has 1 amide bonds. The first-order valence-electron chi connectivity index (χ1n) is 8.03. The second kappa shape index (κ2) is 6.84. The van der Waals surface area contributed by atoms with Gasteiger partial charge in [-0.1, -0.05) is 18.0 Å². The van der Waals surface area contributed by atoms with Crippen LogP contribution < -0.4 is 10.6 Å². The summed E-state index contributed by atoms with van der Waals surface area (Å²) in [6.45, 7) is 3.14. The SMILES string of the molecule is N[C@@H]1CCC[C@H]1CC(=O)N1CCN(c2ccc(Cl)cn2)CC1. The van der Waals surface area contributed by atoms with Gasteiger partial charge in [0.1, 0.15) is 5.82 Å². The van der Waals surface area contributed by atoms with Crippen LogP contribution in [0.5, 0.6) is 0 Å². The monoisotopic (exact) mass is 322 g/mol. The molecule has 2 fully saturated rings. The van der Waals surface area contributed by atoms with Crippen molar-refractivity contribution in [2.24, 2.45) is 11.7 Å². The first-order chi connectivity index (χ1) is 10.6. The first kappa shape index (κ1) is 15.6. The molecule has 3 rings (SSSR count). The van der Waals surface area contributed by atoms with E-state index in [1.165, 1.54) is 0 Å². The van der Waals surface area contributed by atoms with Gasteiger partial charge in [-0.2, -0.15) is 0 Å². The Hall–Kier alpha value is -1.33. The highest BCUT2D eigenvalue weighted by Gasteiger charge is 2.29. The number of hydrogen-bond donors (Lipinski definition) is 1. The normalized spacial score (nSPS) is 25.5. The molecule has 120 valence electrons. The van der Waals surface area contributed by atoms with Crippen molar-refractivity contribution in [3.8, 4) is 0 Å². The molecule has 1 aromatic heterocycles. The van der Waals surface area contributed by atoms with E-state index in [9.17, 15) is 4.79 Å². The van der Waals surface area contributed by atoms with E-state index in [1.54, 1.807) is 6.20 Å². The van der Waals surface area contributed by atoms with E-state index in [1.807, 2.05) is 17.0 Å². The van der Waals surface area contributed by atoms with Crippen LogP contribution in [0.25, 0.3) is 0 Å². The van der Waals surface area contributed by atoms with Crippen molar-refractivity contribution >= 4 is 23.3 Å². The van der Waals surface area contributed by atoms with Crippen molar-refractivity contribution in [2.75, 3.05) is 31.1 Å². The third-order valence-corrected chi connectivity index (χ3v) is 5.05.